The minimum absolute atomic E-state index is 0.224. The van der Waals surface area contributed by atoms with Crippen molar-refractivity contribution in [1.82, 2.24) is 5.32 Å². The summed E-state index contributed by atoms with van der Waals surface area (Å²) in [5.41, 5.74) is 1.20. The third-order valence-electron chi connectivity index (χ3n) is 2.55. The zero-order valence-electron chi connectivity index (χ0n) is 11.0. The van der Waals surface area contributed by atoms with Crippen LogP contribution in [0.4, 0.5) is 0 Å². The second kappa shape index (κ2) is 8.09. The molecule has 1 atom stereocenters. The maximum absolute atomic E-state index is 5.59. The van der Waals surface area contributed by atoms with Gasteiger partial charge < -0.3 is 14.8 Å². The lowest BCUT2D eigenvalue weighted by atomic mass is 10.1. The number of benzene rings is 1. The summed E-state index contributed by atoms with van der Waals surface area (Å²) in [5.74, 6) is 0.917. The second-order valence-corrected chi connectivity index (χ2v) is 3.92. The van der Waals surface area contributed by atoms with Crippen LogP contribution < -0.4 is 10.1 Å². The van der Waals surface area contributed by atoms with E-state index in [2.05, 4.69) is 24.4 Å². The van der Waals surface area contributed by atoms with Gasteiger partial charge in [-0.25, -0.2) is 0 Å². The van der Waals surface area contributed by atoms with Gasteiger partial charge in [0.2, 0.25) is 0 Å². The minimum atomic E-state index is 0.224. The van der Waals surface area contributed by atoms with Gasteiger partial charge in [-0.2, -0.15) is 0 Å². The molecule has 96 valence electrons. The predicted octanol–water partition coefficient (Wildman–Crippen LogP) is 2.77. The molecule has 0 heterocycles. The molecule has 3 heteroatoms. The Morgan fingerprint density at radius 2 is 2.12 bits per heavy atom. The van der Waals surface area contributed by atoms with Crippen molar-refractivity contribution in [3.05, 3.63) is 29.8 Å². The second-order valence-electron chi connectivity index (χ2n) is 3.92. The summed E-state index contributed by atoms with van der Waals surface area (Å²) in [6.07, 6.45) is 1.05. The van der Waals surface area contributed by atoms with Crippen molar-refractivity contribution >= 4 is 0 Å². The van der Waals surface area contributed by atoms with Crippen LogP contribution in [0.1, 0.15) is 31.9 Å². The van der Waals surface area contributed by atoms with Crippen LogP contribution in [0.15, 0.2) is 24.3 Å². The minimum Gasteiger partial charge on any atom is -0.494 e. The largest absolute Gasteiger partial charge is 0.494 e. The van der Waals surface area contributed by atoms with E-state index in [0.29, 0.717) is 13.2 Å². The van der Waals surface area contributed by atoms with Crippen molar-refractivity contribution in [3.63, 3.8) is 0 Å². The van der Waals surface area contributed by atoms with Gasteiger partial charge >= 0.3 is 0 Å². The van der Waals surface area contributed by atoms with E-state index in [1.807, 2.05) is 26.1 Å². The third-order valence-corrected chi connectivity index (χ3v) is 2.55. The lowest BCUT2D eigenvalue weighted by Gasteiger charge is -2.17. The van der Waals surface area contributed by atoms with E-state index < -0.39 is 0 Å². The molecule has 0 bridgehead atoms. The smallest absolute Gasteiger partial charge is 0.119 e. The van der Waals surface area contributed by atoms with Gasteiger partial charge in [0, 0.05) is 6.61 Å². The van der Waals surface area contributed by atoms with Crippen LogP contribution in [0.5, 0.6) is 5.75 Å². The Labute approximate surface area is 104 Å². The fourth-order valence-corrected chi connectivity index (χ4v) is 1.68. The molecule has 1 aromatic rings. The molecule has 17 heavy (non-hydrogen) atoms. The maximum Gasteiger partial charge on any atom is 0.119 e. The zero-order chi connectivity index (χ0) is 12.5. The standard InChI is InChI=1S/C14H23NO2/c1-4-9-16-11-14(15-3)12-7-6-8-13(10-12)17-5-2/h6-8,10,14-15H,4-5,9,11H2,1-3H3. The fraction of sp³-hybridized carbons (Fsp3) is 0.571. The molecule has 0 aliphatic carbocycles. The van der Waals surface area contributed by atoms with Crippen molar-refractivity contribution in [1.29, 1.82) is 0 Å². The number of hydrogen-bond donors (Lipinski definition) is 1. The molecule has 3 nitrogen and oxygen atoms in total. The summed E-state index contributed by atoms with van der Waals surface area (Å²) in [6.45, 7) is 6.31. The Morgan fingerprint density at radius 1 is 1.29 bits per heavy atom. The van der Waals surface area contributed by atoms with E-state index in [4.69, 9.17) is 9.47 Å². The van der Waals surface area contributed by atoms with Gasteiger partial charge in [0.1, 0.15) is 5.75 Å². The summed E-state index contributed by atoms with van der Waals surface area (Å²) in [7, 11) is 1.95. The normalized spacial score (nSPS) is 12.4. The van der Waals surface area contributed by atoms with Gasteiger partial charge in [-0.3, -0.25) is 0 Å². The van der Waals surface area contributed by atoms with Crippen molar-refractivity contribution < 1.29 is 9.47 Å². The van der Waals surface area contributed by atoms with Crippen LogP contribution in [0.2, 0.25) is 0 Å². The zero-order valence-corrected chi connectivity index (χ0v) is 11.0. The first-order valence-corrected chi connectivity index (χ1v) is 6.29. The van der Waals surface area contributed by atoms with Gasteiger partial charge in [0.25, 0.3) is 0 Å². The van der Waals surface area contributed by atoms with Crippen LogP contribution in [0, 0.1) is 0 Å². The average molecular weight is 237 g/mol. The van der Waals surface area contributed by atoms with Crippen molar-refractivity contribution in [2.45, 2.75) is 26.3 Å². The van der Waals surface area contributed by atoms with E-state index in [0.717, 1.165) is 18.8 Å². The highest BCUT2D eigenvalue weighted by Crippen LogP contribution is 2.19. The SMILES string of the molecule is CCCOCC(NC)c1cccc(OCC)c1. The van der Waals surface area contributed by atoms with Gasteiger partial charge in [0.15, 0.2) is 0 Å². The molecule has 0 aromatic heterocycles. The Bertz CT molecular complexity index is 315. The Kier molecular flexibility index (Phi) is 6.67. The highest BCUT2D eigenvalue weighted by molar-refractivity contribution is 5.30. The Morgan fingerprint density at radius 3 is 2.76 bits per heavy atom. The van der Waals surface area contributed by atoms with E-state index in [1.165, 1.54) is 5.56 Å². The van der Waals surface area contributed by atoms with E-state index in [1.54, 1.807) is 0 Å². The van der Waals surface area contributed by atoms with Crippen LogP contribution in [0.3, 0.4) is 0 Å². The number of likely N-dealkylation sites (N-methyl/N-ethyl adjacent to an activating group) is 1. The monoisotopic (exact) mass is 237 g/mol. The van der Waals surface area contributed by atoms with Crippen molar-refractivity contribution in [2.24, 2.45) is 0 Å². The first-order valence-electron chi connectivity index (χ1n) is 6.29. The summed E-state index contributed by atoms with van der Waals surface area (Å²) in [6, 6.07) is 8.39. The molecule has 0 saturated heterocycles. The average Bonchev–Trinajstić information content (AvgIpc) is 2.35. The topological polar surface area (TPSA) is 30.5 Å². The van der Waals surface area contributed by atoms with Crippen molar-refractivity contribution in [2.75, 3.05) is 26.9 Å². The molecule has 1 unspecified atom stereocenters. The van der Waals surface area contributed by atoms with Crippen LogP contribution in [-0.4, -0.2) is 26.9 Å². The first kappa shape index (κ1) is 14.0. The summed E-state index contributed by atoms with van der Waals surface area (Å²) >= 11 is 0. The highest BCUT2D eigenvalue weighted by atomic mass is 16.5. The predicted molar refractivity (Wildman–Crippen MR) is 70.5 cm³/mol. The molecule has 0 aliphatic rings. The number of ether oxygens (including phenoxy) is 2. The maximum atomic E-state index is 5.59. The molecule has 0 amide bonds. The van der Waals surface area contributed by atoms with Crippen LogP contribution >= 0.6 is 0 Å². The summed E-state index contributed by atoms with van der Waals surface area (Å²) in [4.78, 5) is 0. The molecule has 0 spiro atoms. The van der Waals surface area contributed by atoms with Crippen molar-refractivity contribution in [3.8, 4) is 5.75 Å². The van der Waals surface area contributed by atoms with Gasteiger partial charge in [-0.05, 0) is 38.1 Å². The highest BCUT2D eigenvalue weighted by Gasteiger charge is 2.09. The fourth-order valence-electron chi connectivity index (χ4n) is 1.68. The Balaban J connectivity index is 2.63. The first-order chi connectivity index (χ1) is 8.31. The third kappa shape index (κ3) is 4.75. The van der Waals surface area contributed by atoms with Gasteiger partial charge in [-0.15, -0.1) is 0 Å². The molecule has 1 aromatic carbocycles. The van der Waals surface area contributed by atoms with E-state index in [9.17, 15) is 0 Å². The van der Waals surface area contributed by atoms with Crippen LogP contribution in [0.25, 0.3) is 0 Å². The molecule has 0 fully saturated rings. The molecule has 0 radical (unpaired) electrons. The molecule has 0 aliphatic heterocycles. The number of nitrogens with one attached hydrogen (secondary N) is 1. The van der Waals surface area contributed by atoms with E-state index >= 15 is 0 Å². The lowest BCUT2D eigenvalue weighted by molar-refractivity contribution is 0.114. The summed E-state index contributed by atoms with van der Waals surface area (Å²) < 4.78 is 11.1. The molecular formula is C14H23NO2. The molecule has 1 N–H and O–H groups in total. The van der Waals surface area contributed by atoms with Gasteiger partial charge in [-0.1, -0.05) is 19.1 Å². The van der Waals surface area contributed by atoms with Crippen LogP contribution in [-0.2, 0) is 4.74 Å². The molecule has 0 saturated carbocycles. The number of rotatable bonds is 8. The van der Waals surface area contributed by atoms with Gasteiger partial charge in [0.05, 0.1) is 19.3 Å². The van der Waals surface area contributed by atoms with E-state index in [-0.39, 0.29) is 6.04 Å². The molecule has 1 rings (SSSR count). The summed E-state index contributed by atoms with van der Waals surface area (Å²) in [5, 5.41) is 3.27. The number of hydrogen-bond acceptors (Lipinski definition) is 3. The lowest BCUT2D eigenvalue weighted by Crippen LogP contribution is -2.22. The Hall–Kier alpha value is -1.06. The molecular weight excluding hydrogens is 214 g/mol. The quantitative estimate of drug-likeness (QED) is 0.705.